The Labute approximate surface area is 109 Å². The van der Waals surface area contributed by atoms with Crippen LogP contribution in [-0.2, 0) is 0 Å². The van der Waals surface area contributed by atoms with E-state index < -0.39 is 4.92 Å². The Bertz CT molecular complexity index is 463. The van der Waals surface area contributed by atoms with Crippen LogP contribution >= 0.6 is 23.4 Å². The van der Waals surface area contributed by atoms with Crippen molar-refractivity contribution in [3.8, 4) is 0 Å². The Morgan fingerprint density at radius 3 is 2.71 bits per heavy atom. The van der Waals surface area contributed by atoms with Gasteiger partial charge in [-0.25, -0.2) is 4.98 Å². The molecule has 0 unspecified atom stereocenters. The second-order valence-electron chi connectivity index (χ2n) is 3.42. The van der Waals surface area contributed by atoms with Gasteiger partial charge in [0.15, 0.2) is 0 Å². The second-order valence-corrected chi connectivity index (χ2v) is 4.62. The maximum atomic E-state index is 10.9. The molecule has 5 nitrogen and oxygen atoms in total. The van der Waals surface area contributed by atoms with Crippen molar-refractivity contribution in [1.29, 1.82) is 0 Å². The second kappa shape index (κ2) is 5.88. The summed E-state index contributed by atoms with van der Waals surface area (Å²) >= 11 is 7.24. The van der Waals surface area contributed by atoms with Gasteiger partial charge in [0, 0.05) is 26.4 Å². The van der Waals surface area contributed by atoms with Gasteiger partial charge >= 0.3 is 0 Å². The summed E-state index contributed by atoms with van der Waals surface area (Å²) in [6.07, 6.45) is 5.11. The Balaban J connectivity index is 3.29. The summed E-state index contributed by atoms with van der Waals surface area (Å²) in [5, 5.41) is 11.7. The minimum absolute atomic E-state index is 0.0918. The fourth-order valence-corrected chi connectivity index (χ4v) is 1.93. The van der Waals surface area contributed by atoms with Crippen LogP contribution in [0.4, 0.5) is 5.69 Å². The highest BCUT2D eigenvalue weighted by Crippen LogP contribution is 2.30. The van der Waals surface area contributed by atoms with Crippen molar-refractivity contribution in [2.24, 2.45) is 0 Å². The van der Waals surface area contributed by atoms with E-state index in [4.69, 9.17) is 11.6 Å². The van der Waals surface area contributed by atoms with E-state index in [9.17, 15) is 10.1 Å². The smallest absolute Gasteiger partial charge is 0.296 e. The highest BCUT2D eigenvalue weighted by molar-refractivity contribution is 7.98. The predicted molar refractivity (Wildman–Crippen MR) is 70.4 cm³/mol. The molecule has 0 aliphatic carbocycles. The average molecular weight is 274 g/mol. The number of aromatic nitrogens is 1. The lowest BCUT2D eigenvalue weighted by Gasteiger charge is -2.05. The van der Waals surface area contributed by atoms with Crippen molar-refractivity contribution in [3.05, 3.63) is 33.1 Å². The van der Waals surface area contributed by atoms with Crippen LogP contribution < -0.4 is 0 Å². The first-order chi connectivity index (χ1) is 7.95. The molecule has 0 aliphatic rings. The molecule has 0 radical (unpaired) electrons. The molecule has 0 fully saturated rings. The first kappa shape index (κ1) is 13.8. The molecular weight excluding hydrogens is 262 g/mol. The SMILES string of the molecule is CSc1nc(C=CN(C)C)c([N+](=O)[O-])cc1Cl. The van der Waals surface area contributed by atoms with E-state index in [1.165, 1.54) is 17.8 Å². The fourth-order valence-electron chi connectivity index (χ4n) is 1.11. The molecule has 0 aliphatic heterocycles. The van der Waals surface area contributed by atoms with E-state index in [1.54, 1.807) is 17.2 Å². The molecule has 1 aromatic rings. The van der Waals surface area contributed by atoms with Gasteiger partial charge in [-0.05, 0) is 12.3 Å². The van der Waals surface area contributed by atoms with Gasteiger partial charge in [0.05, 0.1) is 9.95 Å². The van der Waals surface area contributed by atoms with Crippen LogP contribution in [0.25, 0.3) is 6.08 Å². The lowest BCUT2D eigenvalue weighted by Crippen LogP contribution is -2.01. The van der Waals surface area contributed by atoms with Crippen LogP contribution in [0, 0.1) is 10.1 Å². The maximum absolute atomic E-state index is 10.9. The number of nitrogens with zero attached hydrogens (tertiary/aromatic N) is 3. The summed E-state index contributed by atoms with van der Waals surface area (Å²) in [5.74, 6) is 0. The molecule has 0 spiro atoms. The molecule has 0 aromatic carbocycles. The Morgan fingerprint density at radius 1 is 1.59 bits per heavy atom. The lowest BCUT2D eigenvalue weighted by atomic mass is 10.3. The third-order valence-electron chi connectivity index (χ3n) is 1.87. The molecule has 0 atom stereocenters. The van der Waals surface area contributed by atoms with E-state index in [-0.39, 0.29) is 5.69 Å². The summed E-state index contributed by atoms with van der Waals surface area (Å²) in [4.78, 5) is 16.3. The number of hydrogen-bond acceptors (Lipinski definition) is 5. The molecule has 1 heterocycles. The first-order valence-corrected chi connectivity index (χ1v) is 6.29. The third-order valence-corrected chi connectivity index (χ3v) is 2.97. The number of nitro groups is 1. The number of rotatable bonds is 4. The zero-order valence-electron chi connectivity index (χ0n) is 9.68. The zero-order valence-corrected chi connectivity index (χ0v) is 11.2. The molecule has 1 aromatic heterocycles. The minimum Gasteiger partial charge on any atom is -0.383 e. The summed E-state index contributed by atoms with van der Waals surface area (Å²) < 4.78 is 0. The first-order valence-electron chi connectivity index (χ1n) is 4.69. The molecule has 92 valence electrons. The zero-order chi connectivity index (χ0) is 13.0. The number of thioether (sulfide) groups is 1. The van der Waals surface area contributed by atoms with Crippen molar-refractivity contribution in [2.75, 3.05) is 20.4 Å². The summed E-state index contributed by atoms with van der Waals surface area (Å²) in [6, 6.07) is 1.33. The molecule has 0 saturated heterocycles. The van der Waals surface area contributed by atoms with Crippen LogP contribution in [0.1, 0.15) is 5.69 Å². The molecule has 17 heavy (non-hydrogen) atoms. The lowest BCUT2D eigenvalue weighted by molar-refractivity contribution is -0.385. The predicted octanol–water partition coefficient (Wildman–Crippen LogP) is 2.90. The fraction of sp³-hybridized carbons (Fsp3) is 0.300. The van der Waals surface area contributed by atoms with Gasteiger partial charge in [0.2, 0.25) is 0 Å². The van der Waals surface area contributed by atoms with Crippen LogP contribution in [-0.4, -0.2) is 35.2 Å². The normalized spacial score (nSPS) is 10.8. The topological polar surface area (TPSA) is 59.3 Å². The van der Waals surface area contributed by atoms with Gasteiger partial charge in [-0.2, -0.15) is 0 Å². The van der Waals surface area contributed by atoms with Gasteiger partial charge in [0.1, 0.15) is 10.7 Å². The van der Waals surface area contributed by atoms with Crippen LogP contribution in [0.2, 0.25) is 5.02 Å². The minimum atomic E-state index is -0.488. The van der Waals surface area contributed by atoms with Crippen molar-refractivity contribution >= 4 is 35.1 Å². The quantitative estimate of drug-likeness (QED) is 0.480. The highest BCUT2D eigenvalue weighted by atomic mass is 35.5. The summed E-state index contributed by atoms with van der Waals surface area (Å²) in [7, 11) is 3.65. The van der Waals surface area contributed by atoms with E-state index in [2.05, 4.69) is 4.98 Å². The van der Waals surface area contributed by atoms with E-state index >= 15 is 0 Å². The highest BCUT2D eigenvalue weighted by Gasteiger charge is 2.17. The molecule has 0 bridgehead atoms. The van der Waals surface area contributed by atoms with E-state index in [1.807, 2.05) is 20.4 Å². The Morgan fingerprint density at radius 2 is 2.24 bits per heavy atom. The van der Waals surface area contributed by atoms with Crippen LogP contribution in [0.5, 0.6) is 0 Å². The van der Waals surface area contributed by atoms with Crippen LogP contribution in [0.15, 0.2) is 17.3 Å². The molecule has 0 amide bonds. The Kier molecular flexibility index (Phi) is 4.77. The van der Waals surface area contributed by atoms with Gasteiger partial charge in [-0.1, -0.05) is 11.6 Å². The summed E-state index contributed by atoms with van der Waals surface area (Å²) in [6.45, 7) is 0. The van der Waals surface area contributed by atoms with Gasteiger partial charge < -0.3 is 4.90 Å². The summed E-state index contributed by atoms with van der Waals surface area (Å²) in [5.41, 5.74) is 0.211. The maximum Gasteiger partial charge on any atom is 0.296 e. The molecule has 1 rings (SSSR count). The largest absolute Gasteiger partial charge is 0.383 e. The van der Waals surface area contributed by atoms with E-state index in [0.29, 0.717) is 15.7 Å². The number of pyridine rings is 1. The number of halogens is 1. The molecule has 0 saturated carbocycles. The van der Waals surface area contributed by atoms with E-state index in [0.717, 1.165) is 0 Å². The third kappa shape index (κ3) is 3.61. The van der Waals surface area contributed by atoms with Crippen molar-refractivity contribution < 1.29 is 4.92 Å². The molecule has 0 N–H and O–H groups in total. The monoisotopic (exact) mass is 273 g/mol. The Hall–Kier alpha value is -1.27. The van der Waals surface area contributed by atoms with Crippen LogP contribution in [0.3, 0.4) is 0 Å². The number of hydrogen-bond donors (Lipinski definition) is 0. The van der Waals surface area contributed by atoms with Crippen molar-refractivity contribution in [1.82, 2.24) is 9.88 Å². The van der Waals surface area contributed by atoms with Crippen molar-refractivity contribution in [3.63, 3.8) is 0 Å². The average Bonchev–Trinajstić information content (AvgIpc) is 2.26. The van der Waals surface area contributed by atoms with Crippen molar-refractivity contribution in [2.45, 2.75) is 5.03 Å². The van der Waals surface area contributed by atoms with Gasteiger partial charge in [0.25, 0.3) is 5.69 Å². The molecule has 7 heteroatoms. The van der Waals surface area contributed by atoms with Gasteiger partial charge in [-0.15, -0.1) is 11.8 Å². The van der Waals surface area contributed by atoms with Gasteiger partial charge in [-0.3, -0.25) is 10.1 Å². The molecular formula is C10H12ClN3O2S. The standard InChI is InChI=1S/C10H12ClN3O2S/c1-13(2)5-4-8-9(14(15)16)6-7(11)10(12-8)17-3/h4-6H,1-3H3.